The second kappa shape index (κ2) is 7.03. The standard InChI is InChI=1S/C16H14FN3O2/c17-13-3-1-2-11(10-13)8-9-19-16(22)20-15(21)12-4-6-14(18)7-5-12/h1-10H,18H2,(H2,19,20,21,22)/b9-8+. The third-order valence-electron chi connectivity index (χ3n) is 2.74. The highest BCUT2D eigenvalue weighted by Crippen LogP contribution is 2.05. The number of rotatable bonds is 3. The van der Waals surface area contributed by atoms with Crippen LogP contribution in [0.15, 0.2) is 54.7 Å². The van der Waals surface area contributed by atoms with E-state index in [0.29, 0.717) is 16.8 Å². The van der Waals surface area contributed by atoms with Crippen molar-refractivity contribution >= 4 is 23.7 Å². The van der Waals surface area contributed by atoms with Crippen molar-refractivity contribution in [2.75, 3.05) is 5.73 Å². The van der Waals surface area contributed by atoms with Crippen molar-refractivity contribution in [1.82, 2.24) is 10.6 Å². The molecule has 0 fully saturated rings. The minimum Gasteiger partial charge on any atom is -0.399 e. The minimum absolute atomic E-state index is 0.318. The lowest BCUT2D eigenvalue weighted by molar-refractivity contribution is 0.0965. The summed E-state index contributed by atoms with van der Waals surface area (Å²) in [4.78, 5) is 23.3. The van der Waals surface area contributed by atoms with Crippen molar-refractivity contribution in [3.8, 4) is 0 Å². The second-order valence-corrected chi connectivity index (χ2v) is 4.44. The maximum Gasteiger partial charge on any atom is 0.325 e. The summed E-state index contributed by atoms with van der Waals surface area (Å²) in [7, 11) is 0. The summed E-state index contributed by atoms with van der Waals surface area (Å²) in [6.07, 6.45) is 2.83. The lowest BCUT2D eigenvalue weighted by atomic mass is 10.2. The lowest BCUT2D eigenvalue weighted by Gasteiger charge is -2.04. The predicted molar refractivity (Wildman–Crippen MR) is 82.3 cm³/mol. The lowest BCUT2D eigenvalue weighted by Crippen LogP contribution is -2.36. The summed E-state index contributed by atoms with van der Waals surface area (Å²) in [5.41, 5.74) is 6.95. The van der Waals surface area contributed by atoms with Gasteiger partial charge in [0.2, 0.25) is 0 Å². The van der Waals surface area contributed by atoms with Crippen molar-refractivity contribution in [2.45, 2.75) is 0 Å². The van der Waals surface area contributed by atoms with Crippen LogP contribution in [0.3, 0.4) is 0 Å². The second-order valence-electron chi connectivity index (χ2n) is 4.44. The Balaban J connectivity index is 1.87. The van der Waals surface area contributed by atoms with E-state index in [4.69, 9.17) is 5.73 Å². The number of benzene rings is 2. The molecule has 2 aromatic rings. The Bertz CT molecular complexity index is 712. The Hall–Kier alpha value is -3.15. The Morgan fingerprint density at radius 1 is 1.09 bits per heavy atom. The first-order valence-corrected chi connectivity index (χ1v) is 6.44. The number of amides is 3. The topological polar surface area (TPSA) is 84.2 Å². The SMILES string of the molecule is Nc1ccc(C(=O)NC(=O)N/C=C/c2cccc(F)c2)cc1. The molecular formula is C16H14FN3O2. The Labute approximate surface area is 126 Å². The van der Waals surface area contributed by atoms with Crippen LogP contribution < -0.4 is 16.4 Å². The first kappa shape index (κ1) is 15.2. The van der Waals surface area contributed by atoms with E-state index in [1.54, 1.807) is 24.3 Å². The average Bonchev–Trinajstić information content (AvgIpc) is 2.48. The number of imide groups is 1. The van der Waals surface area contributed by atoms with Crippen molar-refractivity contribution in [2.24, 2.45) is 0 Å². The molecule has 2 aromatic carbocycles. The van der Waals surface area contributed by atoms with E-state index < -0.39 is 11.9 Å². The molecule has 0 aliphatic rings. The number of carbonyl (C=O) groups is 2. The number of nitrogen functional groups attached to an aromatic ring is 1. The zero-order valence-corrected chi connectivity index (χ0v) is 11.5. The van der Waals surface area contributed by atoms with Gasteiger partial charge in [-0.25, -0.2) is 9.18 Å². The van der Waals surface area contributed by atoms with E-state index in [0.717, 1.165) is 0 Å². The molecule has 2 rings (SSSR count). The summed E-state index contributed by atoms with van der Waals surface area (Å²) in [5, 5.41) is 4.52. The Morgan fingerprint density at radius 3 is 2.50 bits per heavy atom. The van der Waals surface area contributed by atoms with E-state index in [-0.39, 0.29) is 5.82 Å². The third-order valence-corrected chi connectivity index (χ3v) is 2.74. The smallest absolute Gasteiger partial charge is 0.325 e. The highest BCUT2D eigenvalue weighted by molar-refractivity contribution is 6.04. The first-order valence-electron chi connectivity index (χ1n) is 6.44. The van der Waals surface area contributed by atoms with Gasteiger partial charge in [-0.05, 0) is 48.0 Å². The average molecular weight is 299 g/mol. The van der Waals surface area contributed by atoms with Gasteiger partial charge in [-0.2, -0.15) is 0 Å². The van der Waals surface area contributed by atoms with Gasteiger partial charge in [0, 0.05) is 17.5 Å². The van der Waals surface area contributed by atoms with Gasteiger partial charge >= 0.3 is 6.03 Å². The number of carbonyl (C=O) groups excluding carboxylic acids is 2. The predicted octanol–water partition coefficient (Wildman–Crippen LogP) is 2.52. The molecule has 0 unspecified atom stereocenters. The first-order chi connectivity index (χ1) is 10.5. The molecule has 3 amide bonds. The van der Waals surface area contributed by atoms with Crippen molar-refractivity contribution in [3.05, 3.63) is 71.7 Å². The molecule has 5 nitrogen and oxygen atoms in total. The summed E-state index contributed by atoms with van der Waals surface area (Å²) < 4.78 is 13.0. The number of hydrogen-bond donors (Lipinski definition) is 3. The van der Waals surface area contributed by atoms with Crippen LogP contribution in [0, 0.1) is 5.82 Å². The maximum absolute atomic E-state index is 13.0. The highest BCUT2D eigenvalue weighted by Gasteiger charge is 2.08. The quantitative estimate of drug-likeness (QED) is 0.761. The van der Waals surface area contributed by atoms with Crippen molar-refractivity contribution in [1.29, 1.82) is 0 Å². The molecule has 0 aliphatic heterocycles. The van der Waals surface area contributed by atoms with Crippen LogP contribution in [0.2, 0.25) is 0 Å². The maximum atomic E-state index is 13.0. The summed E-state index contributed by atoms with van der Waals surface area (Å²) >= 11 is 0. The molecule has 0 spiro atoms. The van der Waals surface area contributed by atoms with Gasteiger partial charge < -0.3 is 11.1 Å². The molecule has 0 bridgehead atoms. The number of urea groups is 1. The summed E-state index contributed by atoms with van der Waals surface area (Å²) in [6.45, 7) is 0. The van der Waals surface area contributed by atoms with Gasteiger partial charge in [-0.15, -0.1) is 0 Å². The fourth-order valence-corrected chi connectivity index (χ4v) is 1.67. The molecule has 0 atom stereocenters. The van der Waals surface area contributed by atoms with Gasteiger partial charge in [0.05, 0.1) is 0 Å². The molecule has 0 aromatic heterocycles. The zero-order chi connectivity index (χ0) is 15.9. The van der Waals surface area contributed by atoms with Crippen LogP contribution in [-0.2, 0) is 0 Å². The van der Waals surface area contributed by atoms with E-state index in [9.17, 15) is 14.0 Å². The largest absolute Gasteiger partial charge is 0.399 e. The van der Waals surface area contributed by atoms with E-state index >= 15 is 0 Å². The van der Waals surface area contributed by atoms with E-state index in [2.05, 4.69) is 10.6 Å². The fraction of sp³-hybridized carbons (Fsp3) is 0. The monoisotopic (exact) mass is 299 g/mol. The summed E-state index contributed by atoms with van der Waals surface area (Å²) in [6, 6.07) is 11.3. The van der Waals surface area contributed by atoms with Crippen LogP contribution in [0.25, 0.3) is 6.08 Å². The molecule has 0 heterocycles. The number of nitrogens with two attached hydrogens (primary N) is 1. The third kappa shape index (κ3) is 4.45. The molecule has 0 saturated heterocycles. The van der Waals surface area contributed by atoms with Crippen LogP contribution in [0.5, 0.6) is 0 Å². The highest BCUT2D eigenvalue weighted by atomic mass is 19.1. The molecule has 0 saturated carbocycles. The Kier molecular flexibility index (Phi) is 4.87. The molecular weight excluding hydrogens is 285 g/mol. The molecule has 4 N–H and O–H groups in total. The molecule has 0 aliphatic carbocycles. The molecule has 0 radical (unpaired) electrons. The van der Waals surface area contributed by atoms with Crippen molar-refractivity contribution < 1.29 is 14.0 Å². The van der Waals surface area contributed by atoms with Crippen LogP contribution in [0.1, 0.15) is 15.9 Å². The van der Waals surface area contributed by atoms with Gasteiger partial charge in [-0.1, -0.05) is 12.1 Å². The normalized spacial score (nSPS) is 10.4. The van der Waals surface area contributed by atoms with Crippen molar-refractivity contribution in [3.63, 3.8) is 0 Å². The van der Waals surface area contributed by atoms with Gasteiger partial charge in [0.15, 0.2) is 0 Å². The molecule has 112 valence electrons. The van der Waals surface area contributed by atoms with E-state index in [1.165, 1.54) is 36.5 Å². The molecule has 6 heteroatoms. The van der Waals surface area contributed by atoms with Crippen LogP contribution in [0.4, 0.5) is 14.9 Å². The number of halogens is 1. The number of anilines is 1. The number of nitrogens with one attached hydrogen (secondary N) is 2. The Morgan fingerprint density at radius 2 is 1.82 bits per heavy atom. The van der Waals surface area contributed by atoms with Gasteiger partial charge in [0.25, 0.3) is 5.91 Å². The zero-order valence-electron chi connectivity index (χ0n) is 11.5. The van der Waals surface area contributed by atoms with Crippen LogP contribution >= 0.6 is 0 Å². The van der Waals surface area contributed by atoms with Crippen LogP contribution in [-0.4, -0.2) is 11.9 Å². The molecule has 22 heavy (non-hydrogen) atoms. The van der Waals surface area contributed by atoms with Gasteiger partial charge in [-0.3, -0.25) is 10.1 Å². The van der Waals surface area contributed by atoms with Gasteiger partial charge in [0.1, 0.15) is 5.82 Å². The fourth-order valence-electron chi connectivity index (χ4n) is 1.67. The minimum atomic E-state index is -0.686. The summed E-state index contributed by atoms with van der Waals surface area (Å²) in [5.74, 6) is -0.915. The van der Waals surface area contributed by atoms with E-state index in [1.807, 2.05) is 0 Å². The number of hydrogen-bond acceptors (Lipinski definition) is 3.